The lowest BCUT2D eigenvalue weighted by Gasteiger charge is -2.00. The molecule has 2 aromatic carbocycles. The summed E-state index contributed by atoms with van der Waals surface area (Å²) in [7, 11) is 0. The maximum atomic E-state index is 12.0. The Bertz CT molecular complexity index is 707. The van der Waals surface area contributed by atoms with Crippen molar-refractivity contribution in [1.29, 1.82) is 0 Å². The van der Waals surface area contributed by atoms with Gasteiger partial charge in [0, 0.05) is 20.1 Å². The molecule has 0 radical (unpaired) electrons. The Morgan fingerprint density at radius 3 is 2.58 bits per heavy atom. The molecule has 0 bridgehead atoms. The molecule has 0 aliphatic carbocycles. The lowest BCUT2D eigenvalue weighted by atomic mass is 10.0. The minimum atomic E-state index is -0.0620. The molecule has 94 valence electrons. The molecule has 1 aliphatic rings. The summed E-state index contributed by atoms with van der Waals surface area (Å²) in [4.78, 5) is 12.0. The van der Waals surface area contributed by atoms with Gasteiger partial charge in [0.05, 0.1) is 5.69 Å². The first-order chi connectivity index (χ1) is 9.13. The number of fused-ring (bicyclic) bond motifs is 1. The molecule has 1 N–H and O–H groups in total. The van der Waals surface area contributed by atoms with Gasteiger partial charge in [-0.25, -0.2) is 0 Å². The largest absolute Gasteiger partial charge is 0.321 e. The number of hydrogen-bond donors (Lipinski definition) is 1. The van der Waals surface area contributed by atoms with Crippen LogP contribution in [0.25, 0.3) is 11.6 Å². The average Bonchev–Trinajstić information content (AvgIpc) is 2.65. The lowest BCUT2D eigenvalue weighted by Crippen LogP contribution is -2.03. The Hall–Kier alpha value is -1.39. The first kappa shape index (κ1) is 12.6. The molecule has 4 heteroatoms. The van der Waals surface area contributed by atoms with Crippen LogP contribution in [0.5, 0.6) is 0 Å². The third kappa shape index (κ3) is 2.51. The van der Waals surface area contributed by atoms with Crippen molar-refractivity contribution < 1.29 is 4.79 Å². The van der Waals surface area contributed by atoms with Crippen LogP contribution in [-0.2, 0) is 4.79 Å². The van der Waals surface area contributed by atoms with Crippen LogP contribution in [0.1, 0.15) is 11.1 Å². The molecule has 2 aromatic rings. The predicted octanol–water partition coefficient (Wildman–Crippen LogP) is 4.70. The van der Waals surface area contributed by atoms with E-state index >= 15 is 0 Å². The Balaban J connectivity index is 2.09. The summed E-state index contributed by atoms with van der Waals surface area (Å²) < 4.78 is 1.95. The van der Waals surface area contributed by atoms with Crippen LogP contribution in [0.3, 0.4) is 0 Å². The van der Waals surface area contributed by atoms with Crippen molar-refractivity contribution in [3.05, 3.63) is 62.5 Å². The first-order valence-electron chi connectivity index (χ1n) is 5.72. The van der Waals surface area contributed by atoms with Crippen LogP contribution in [-0.4, -0.2) is 5.91 Å². The Kier molecular flexibility index (Phi) is 3.29. The number of nitrogens with one attached hydrogen (secondary N) is 1. The number of amides is 1. The molecule has 0 unspecified atom stereocenters. The highest BCUT2D eigenvalue weighted by Crippen LogP contribution is 2.35. The highest BCUT2D eigenvalue weighted by Gasteiger charge is 2.23. The molecule has 3 rings (SSSR count). The number of carbonyl (C=O) groups excluding carboxylic acids is 1. The monoisotopic (exact) mass is 377 g/mol. The molecule has 0 aromatic heterocycles. The van der Waals surface area contributed by atoms with E-state index in [4.69, 9.17) is 0 Å². The van der Waals surface area contributed by atoms with E-state index in [2.05, 4.69) is 37.2 Å². The summed E-state index contributed by atoms with van der Waals surface area (Å²) >= 11 is 6.84. The Morgan fingerprint density at radius 1 is 1.00 bits per heavy atom. The van der Waals surface area contributed by atoms with Gasteiger partial charge >= 0.3 is 0 Å². The zero-order valence-electron chi connectivity index (χ0n) is 9.78. The third-order valence-corrected chi connectivity index (χ3v) is 3.91. The summed E-state index contributed by atoms with van der Waals surface area (Å²) in [5.74, 6) is -0.0620. The minimum absolute atomic E-state index is 0.0620. The van der Waals surface area contributed by atoms with Crippen molar-refractivity contribution in [2.75, 3.05) is 5.32 Å². The molecule has 0 saturated carbocycles. The fourth-order valence-electron chi connectivity index (χ4n) is 2.07. The Labute approximate surface area is 127 Å². The van der Waals surface area contributed by atoms with E-state index in [-0.39, 0.29) is 5.91 Å². The molecular weight excluding hydrogens is 370 g/mol. The van der Waals surface area contributed by atoms with Gasteiger partial charge in [0.15, 0.2) is 0 Å². The molecule has 0 fully saturated rings. The second-order valence-corrected chi connectivity index (χ2v) is 6.09. The van der Waals surface area contributed by atoms with E-state index in [1.54, 1.807) is 0 Å². The van der Waals surface area contributed by atoms with Crippen molar-refractivity contribution in [2.24, 2.45) is 0 Å². The third-order valence-electron chi connectivity index (χ3n) is 2.92. The van der Waals surface area contributed by atoms with Crippen LogP contribution < -0.4 is 5.32 Å². The van der Waals surface area contributed by atoms with Gasteiger partial charge in [-0.2, -0.15) is 0 Å². The van der Waals surface area contributed by atoms with E-state index in [1.165, 1.54) is 0 Å². The van der Waals surface area contributed by atoms with Crippen LogP contribution in [0.15, 0.2) is 51.4 Å². The van der Waals surface area contributed by atoms with Crippen molar-refractivity contribution in [3.8, 4) is 0 Å². The molecule has 0 atom stereocenters. The van der Waals surface area contributed by atoms with Crippen LogP contribution in [0.2, 0.25) is 0 Å². The van der Waals surface area contributed by atoms with Gasteiger partial charge < -0.3 is 5.32 Å². The zero-order chi connectivity index (χ0) is 13.4. The number of carbonyl (C=O) groups is 1. The van der Waals surface area contributed by atoms with E-state index in [1.807, 2.05) is 48.5 Å². The van der Waals surface area contributed by atoms with Crippen molar-refractivity contribution in [2.45, 2.75) is 0 Å². The summed E-state index contributed by atoms with van der Waals surface area (Å²) in [6.07, 6.45) is 1.90. The van der Waals surface area contributed by atoms with Crippen LogP contribution in [0.4, 0.5) is 5.69 Å². The van der Waals surface area contributed by atoms with Gasteiger partial charge in [-0.3, -0.25) is 4.79 Å². The Morgan fingerprint density at radius 2 is 1.79 bits per heavy atom. The minimum Gasteiger partial charge on any atom is -0.321 e. The summed E-state index contributed by atoms with van der Waals surface area (Å²) in [5.41, 5.74) is 3.48. The van der Waals surface area contributed by atoms with Gasteiger partial charge in [-0.1, -0.05) is 50.1 Å². The molecule has 1 heterocycles. The maximum absolute atomic E-state index is 12.0. The summed E-state index contributed by atoms with van der Waals surface area (Å²) in [6, 6.07) is 13.7. The maximum Gasteiger partial charge on any atom is 0.256 e. The second kappa shape index (κ2) is 4.94. The SMILES string of the molecule is O=C1Nc2cc(Br)ccc2/C1=C\c1cccc(Br)c1. The molecule has 1 aliphatic heterocycles. The molecular formula is C15H9Br2NO. The van der Waals surface area contributed by atoms with E-state index in [9.17, 15) is 4.79 Å². The van der Waals surface area contributed by atoms with Crippen LogP contribution >= 0.6 is 31.9 Å². The van der Waals surface area contributed by atoms with Crippen LogP contribution in [0, 0.1) is 0 Å². The van der Waals surface area contributed by atoms with E-state index in [0.717, 1.165) is 25.8 Å². The number of hydrogen-bond acceptors (Lipinski definition) is 1. The summed E-state index contributed by atoms with van der Waals surface area (Å²) in [6.45, 7) is 0. The standard InChI is InChI=1S/C15H9Br2NO/c16-10-3-1-2-9(6-10)7-13-12-5-4-11(17)8-14(12)18-15(13)19/h1-8H,(H,18,19)/b13-7+. The van der Waals surface area contributed by atoms with E-state index in [0.29, 0.717) is 5.57 Å². The first-order valence-corrected chi connectivity index (χ1v) is 7.30. The van der Waals surface area contributed by atoms with Crippen molar-refractivity contribution >= 4 is 55.1 Å². The number of anilines is 1. The smallest absolute Gasteiger partial charge is 0.256 e. The highest BCUT2D eigenvalue weighted by molar-refractivity contribution is 9.10. The molecule has 0 saturated heterocycles. The lowest BCUT2D eigenvalue weighted by molar-refractivity contribution is -0.110. The van der Waals surface area contributed by atoms with Gasteiger partial charge in [-0.05, 0) is 35.9 Å². The van der Waals surface area contributed by atoms with Crippen molar-refractivity contribution in [3.63, 3.8) is 0 Å². The van der Waals surface area contributed by atoms with Crippen molar-refractivity contribution in [1.82, 2.24) is 0 Å². The number of halogens is 2. The number of benzene rings is 2. The fourth-order valence-corrected chi connectivity index (χ4v) is 2.85. The summed E-state index contributed by atoms with van der Waals surface area (Å²) in [5, 5.41) is 2.87. The topological polar surface area (TPSA) is 29.1 Å². The quantitative estimate of drug-likeness (QED) is 0.715. The highest BCUT2D eigenvalue weighted by atomic mass is 79.9. The molecule has 1 amide bonds. The fraction of sp³-hybridized carbons (Fsp3) is 0. The zero-order valence-corrected chi connectivity index (χ0v) is 13.0. The molecule has 2 nitrogen and oxygen atoms in total. The van der Waals surface area contributed by atoms with E-state index < -0.39 is 0 Å². The molecule has 0 spiro atoms. The van der Waals surface area contributed by atoms with Gasteiger partial charge in [0.25, 0.3) is 5.91 Å². The van der Waals surface area contributed by atoms with Gasteiger partial charge in [-0.15, -0.1) is 0 Å². The molecule has 19 heavy (non-hydrogen) atoms. The predicted molar refractivity (Wildman–Crippen MR) is 84.8 cm³/mol. The second-order valence-electron chi connectivity index (χ2n) is 4.26. The number of rotatable bonds is 1. The van der Waals surface area contributed by atoms with Gasteiger partial charge in [0.1, 0.15) is 0 Å². The van der Waals surface area contributed by atoms with Gasteiger partial charge in [0.2, 0.25) is 0 Å². The average molecular weight is 379 g/mol. The normalized spacial score (nSPS) is 15.5.